The molecule has 1 aromatic rings. The van der Waals surface area contributed by atoms with E-state index in [-0.39, 0.29) is 16.7 Å². The maximum absolute atomic E-state index is 11.5. The Kier molecular flexibility index (Phi) is 6.36. The highest BCUT2D eigenvalue weighted by Crippen LogP contribution is 2.22. The molecule has 9 nitrogen and oxygen atoms in total. The van der Waals surface area contributed by atoms with Gasteiger partial charge in [-0.15, -0.1) is 0 Å². The fourth-order valence-electron chi connectivity index (χ4n) is 1.66. The van der Waals surface area contributed by atoms with Gasteiger partial charge in [-0.05, 0) is 23.8 Å². The Balaban J connectivity index is 2.93. The van der Waals surface area contributed by atoms with E-state index in [1.807, 2.05) is 0 Å². The van der Waals surface area contributed by atoms with Crippen LogP contribution in [0, 0.1) is 0 Å². The molecule has 9 heteroatoms. The Hall–Kier alpha value is -3.49. The summed E-state index contributed by atoms with van der Waals surface area (Å²) in [6, 6.07) is 2.37. The molecule has 1 aromatic carbocycles. The van der Waals surface area contributed by atoms with Gasteiger partial charge in [0, 0.05) is 6.08 Å². The number of carboxylic acids is 2. The van der Waals surface area contributed by atoms with Gasteiger partial charge in [0.2, 0.25) is 6.10 Å². The van der Waals surface area contributed by atoms with E-state index >= 15 is 0 Å². The van der Waals surface area contributed by atoms with Crippen molar-refractivity contribution in [3.05, 3.63) is 34.9 Å². The number of carbonyl (C=O) groups excluding carboxylic acids is 3. The van der Waals surface area contributed by atoms with Crippen molar-refractivity contribution in [1.29, 1.82) is 0 Å². The number of phenolic OH excluding ortho intramolecular Hbond substituents is 1. The van der Waals surface area contributed by atoms with Gasteiger partial charge in [0.1, 0.15) is 5.75 Å². The number of carboxylic acid groups (broad SMARTS) is 2. The predicted molar refractivity (Wildman–Crippen MR) is 77.7 cm³/mol. The van der Waals surface area contributed by atoms with Crippen LogP contribution in [0.3, 0.4) is 0 Å². The van der Waals surface area contributed by atoms with Gasteiger partial charge in [0.25, 0.3) is 0 Å². The van der Waals surface area contributed by atoms with Crippen LogP contribution in [-0.2, 0) is 19.1 Å². The van der Waals surface area contributed by atoms with Gasteiger partial charge in [-0.1, -0.05) is 0 Å². The molecular weight excluding hydrogens is 324 g/mol. The molecule has 3 N–H and O–H groups in total. The maximum Gasteiger partial charge on any atom is 0.345 e. The number of aldehydes is 2. The standard InChI is InChI=1S/C15H12O9/c16-6-9-3-8(4-10(7-17)14(9)21)1-2-13(20)24-11(15(22)23)5-12(18)19/h1-4,6-7,11,21H,5H2,(H,18,19)(H,22,23)/b2-1+. The van der Waals surface area contributed by atoms with Crippen LogP contribution in [0.15, 0.2) is 18.2 Å². The first-order chi connectivity index (χ1) is 11.3. The third kappa shape index (κ3) is 5.05. The average molecular weight is 336 g/mol. The Labute approximate surface area is 134 Å². The number of ether oxygens (including phenoxy) is 1. The van der Waals surface area contributed by atoms with Crippen LogP contribution in [0.1, 0.15) is 32.7 Å². The number of phenols is 1. The molecular formula is C15H12O9. The van der Waals surface area contributed by atoms with Gasteiger partial charge in [-0.25, -0.2) is 9.59 Å². The van der Waals surface area contributed by atoms with E-state index in [0.717, 1.165) is 12.2 Å². The Morgan fingerprint density at radius 1 is 1.08 bits per heavy atom. The van der Waals surface area contributed by atoms with E-state index in [9.17, 15) is 29.1 Å². The summed E-state index contributed by atoms with van der Waals surface area (Å²) in [4.78, 5) is 54.4. The van der Waals surface area contributed by atoms with Crippen LogP contribution in [-0.4, -0.2) is 51.9 Å². The lowest BCUT2D eigenvalue weighted by molar-refractivity contribution is -0.164. The van der Waals surface area contributed by atoms with E-state index in [1.165, 1.54) is 12.1 Å². The minimum Gasteiger partial charge on any atom is -0.506 e. The number of esters is 1. The van der Waals surface area contributed by atoms with E-state index < -0.39 is 36.2 Å². The molecule has 24 heavy (non-hydrogen) atoms. The molecule has 0 bridgehead atoms. The molecule has 0 fully saturated rings. The summed E-state index contributed by atoms with van der Waals surface area (Å²) in [5.41, 5.74) is -0.164. The minimum absolute atomic E-state index is 0.179. The molecule has 0 heterocycles. The summed E-state index contributed by atoms with van der Waals surface area (Å²) in [7, 11) is 0. The maximum atomic E-state index is 11.5. The van der Waals surface area contributed by atoms with Crippen molar-refractivity contribution >= 4 is 36.6 Å². The molecule has 0 aliphatic heterocycles. The van der Waals surface area contributed by atoms with Crippen molar-refractivity contribution in [3.8, 4) is 5.75 Å². The average Bonchev–Trinajstić information content (AvgIpc) is 2.52. The summed E-state index contributed by atoms with van der Waals surface area (Å²) >= 11 is 0. The lowest BCUT2D eigenvalue weighted by Crippen LogP contribution is -2.28. The second-order valence-corrected chi connectivity index (χ2v) is 4.48. The fourth-order valence-corrected chi connectivity index (χ4v) is 1.66. The highest BCUT2D eigenvalue weighted by Gasteiger charge is 2.24. The largest absolute Gasteiger partial charge is 0.506 e. The normalized spacial score (nSPS) is 11.7. The molecule has 1 atom stereocenters. The number of hydrogen-bond acceptors (Lipinski definition) is 7. The SMILES string of the molecule is O=Cc1cc(/C=C/C(=O)OC(CC(=O)O)C(=O)O)cc(C=O)c1O. The molecule has 1 rings (SSSR count). The predicted octanol–water partition coefficient (Wildman–Crippen LogP) is 0.501. The van der Waals surface area contributed by atoms with Gasteiger partial charge in [-0.2, -0.15) is 0 Å². The van der Waals surface area contributed by atoms with Gasteiger partial charge >= 0.3 is 17.9 Å². The summed E-state index contributed by atoms with van der Waals surface area (Å²) in [5.74, 6) is -4.71. The second-order valence-electron chi connectivity index (χ2n) is 4.48. The van der Waals surface area contributed by atoms with Crippen LogP contribution in [0.5, 0.6) is 5.75 Å². The monoisotopic (exact) mass is 336 g/mol. The first-order valence-electron chi connectivity index (χ1n) is 6.39. The van der Waals surface area contributed by atoms with E-state index in [1.54, 1.807) is 0 Å². The number of benzene rings is 1. The van der Waals surface area contributed by atoms with Crippen molar-refractivity contribution in [2.45, 2.75) is 12.5 Å². The Bertz CT molecular complexity index is 689. The van der Waals surface area contributed by atoms with Gasteiger partial charge in [0.15, 0.2) is 12.6 Å². The van der Waals surface area contributed by atoms with Crippen LogP contribution in [0.2, 0.25) is 0 Å². The smallest absolute Gasteiger partial charge is 0.345 e. The van der Waals surface area contributed by atoms with E-state index in [2.05, 4.69) is 4.74 Å². The Morgan fingerprint density at radius 2 is 1.62 bits per heavy atom. The molecule has 0 saturated heterocycles. The first-order valence-corrected chi connectivity index (χ1v) is 6.39. The number of rotatable bonds is 8. The first kappa shape index (κ1) is 18.6. The summed E-state index contributed by atoms with van der Waals surface area (Å²) in [5, 5.41) is 26.8. The van der Waals surface area contributed by atoms with Crippen molar-refractivity contribution < 1.29 is 44.0 Å². The highest BCUT2D eigenvalue weighted by atomic mass is 16.6. The molecule has 0 amide bonds. The van der Waals surface area contributed by atoms with E-state index in [4.69, 9.17) is 10.2 Å². The molecule has 0 saturated carbocycles. The molecule has 126 valence electrons. The van der Waals surface area contributed by atoms with Crippen molar-refractivity contribution in [2.24, 2.45) is 0 Å². The molecule has 1 unspecified atom stereocenters. The van der Waals surface area contributed by atoms with Gasteiger partial charge in [-0.3, -0.25) is 14.4 Å². The summed E-state index contributed by atoms with van der Waals surface area (Å²) < 4.78 is 4.49. The zero-order valence-electron chi connectivity index (χ0n) is 12.0. The van der Waals surface area contributed by atoms with Crippen LogP contribution >= 0.6 is 0 Å². The van der Waals surface area contributed by atoms with Crippen molar-refractivity contribution in [1.82, 2.24) is 0 Å². The van der Waals surface area contributed by atoms with Crippen LogP contribution < -0.4 is 0 Å². The Morgan fingerprint density at radius 3 is 2.04 bits per heavy atom. The lowest BCUT2D eigenvalue weighted by atomic mass is 10.0. The fraction of sp³-hybridized carbons (Fsp3) is 0.133. The lowest BCUT2D eigenvalue weighted by Gasteiger charge is -2.09. The summed E-state index contributed by atoms with van der Waals surface area (Å²) in [6.45, 7) is 0. The topological polar surface area (TPSA) is 155 Å². The number of aromatic hydroxyl groups is 1. The molecule has 0 aliphatic carbocycles. The molecule has 0 aromatic heterocycles. The van der Waals surface area contributed by atoms with Gasteiger partial charge < -0.3 is 20.1 Å². The highest BCUT2D eigenvalue weighted by molar-refractivity contribution is 5.93. The minimum atomic E-state index is -1.85. The van der Waals surface area contributed by atoms with Gasteiger partial charge in [0.05, 0.1) is 17.5 Å². The van der Waals surface area contributed by atoms with Crippen LogP contribution in [0.4, 0.5) is 0 Å². The second kappa shape index (κ2) is 8.22. The van der Waals surface area contributed by atoms with Crippen molar-refractivity contribution in [2.75, 3.05) is 0 Å². The third-order valence-corrected chi connectivity index (χ3v) is 2.75. The van der Waals surface area contributed by atoms with Crippen molar-refractivity contribution in [3.63, 3.8) is 0 Å². The number of aliphatic carboxylic acids is 2. The quantitative estimate of drug-likeness (QED) is 0.349. The summed E-state index contributed by atoms with van der Waals surface area (Å²) in [6.07, 6.45) is -0.222. The zero-order valence-corrected chi connectivity index (χ0v) is 12.0. The third-order valence-electron chi connectivity index (χ3n) is 2.75. The molecule has 0 spiro atoms. The molecule has 0 radical (unpaired) electrons. The van der Waals surface area contributed by atoms with E-state index in [0.29, 0.717) is 12.6 Å². The molecule has 0 aliphatic rings. The number of carbonyl (C=O) groups is 5. The number of hydrogen-bond donors (Lipinski definition) is 3. The van der Waals surface area contributed by atoms with Crippen LogP contribution in [0.25, 0.3) is 6.08 Å². The zero-order chi connectivity index (χ0) is 18.3.